The van der Waals surface area contributed by atoms with E-state index in [9.17, 15) is 0 Å². The Hall–Kier alpha value is -1.13. The Morgan fingerprint density at radius 1 is 1.37 bits per heavy atom. The van der Waals surface area contributed by atoms with Crippen LogP contribution in [0.2, 0.25) is 0 Å². The molecular formula is C15H25N3O. The van der Waals surface area contributed by atoms with E-state index >= 15 is 0 Å². The lowest BCUT2D eigenvalue weighted by Gasteiger charge is -2.28. The summed E-state index contributed by atoms with van der Waals surface area (Å²) in [6.45, 7) is 4.40. The molecule has 0 amide bonds. The number of methoxy groups -OCH3 is 1. The molecule has 19 heavy (non-hydrogen) atoms. The number of ether oxygens (including phenoxy) is 1. The van der Waals surface area contributed by atoms with E-state index in [4.69, 9.17) is 4.74 Å². The SMILES string of the molecule is COc1cccc(CNCCC2CCN(C)CC2)n1. The van der Waals surface area contributed by atoms with Gasteiger partial charge in [-0.3, -0.25) is 0 Å². The highest BCUT2D eigenvalue weighted by atomic mass is 16.5. The Bertz CT molecular complexity index is 375. The first-order valence-electron chi connectivity index (χ1n) is 7.17. The molecule has 0 saturated carbocycles. The first-order valence-corrected chi connectivity index (χ1v) is 7.17. The summed E-state index contributed by atoms with van der Waals surface area (Å²) < 4.78 is 5.12. The number of hydrogen-bond donors (Lipinski definition) is 1. The quantitative estimate of drug-likeness (QED) is 0.796. The minimum Gasteiger partial charge on any atom is -0.481 e. The molecule has 1 aliphatic rings. The van der Waals surface area contributed by atoms with Crippen LogP contribution in [0.1, 0.15) is 25.0 Å². The molecular weight excluding hydrogens is 238 g/mol. The zero-order valence-electron chi connectivity index (χ0n) is 12.1. The second kappa shape index (κ2) is 7.46. The lowest BCUT2D eigenvalue weighted by molar-refractivity contribution is 0.211. The number of piperidine rings is 1. The summed E-state index contributed by atoms with van der Waals surface area (Å²) in [5.41, 5.74) is 1.04. The highest BCUT2D eigenvalue weighted by Gasteiger charge is 2.15. The molecule has 106 valence electrons. The van der Waals surface area contributed by atoms with Crippen molar-refractivity contribution in [1.82, 2.24) is 15.2 Å². The molecule has 0 bridgehead atoms. The molecule has 0 aliphatic carbocycles. The predicted molar refractivity (Wildman–Crippen MR) is 77.3 cm³/mol. The van der Waals surface area contributed by atoms with Crippen molar-refractivity contribution in [2.75, 3.05) is 33.8 Å². The minimum atomic E-state index is 0.689. The molecule has 2 rings (SSSR count). The van der Waals surface area contributed by atoms with Gasteiger partial charge in [0.15, 0.2) is 0 Å². The summed E-state index contributed by atoms with van der Waals surface area (Å²) in [6.07, 6.45) is 3.96. The minimum absolute atomic E-state index is 0.689. The Morgan fingerprint density at radius 3 is 2.89 bits per heavy atom. The lowest BCUT2D eigenvalue weighted by atomic mass is 9.94. The van der Waals surface area contributed by atoms with Crippen LogP contribution in [0.15, 0.2) is 18.2 Å². The Balaban J connectivity index is 1.63. The fraction of sp³-hybridized carbons (Fsp3) is 0.667. The standard InChI is InChI=1S/C15H25N3O/c1-18-10-7-13(8-11-18)6-9-16-12-14-4-3-5-15(17-14)19-2/h3-5,13,16H,6-12H2,1-2H3. The van der Waals surface area contributed by atoms with Crippen LogP contribution in [0.25, 0.3) is 0 Å². The van der Waals surface area contributed by atoms with Crippen molar-refractivity contribution in [2.24, 2.45) is 5.92 Å². The highest BCUT2D eigenvalue weighted by molar-refractivity contribution is 5.15. The molecule has 1 N–H and O–H groups in total. The maximum atomic E-state index is 5.12. The number of rotatable bonds is 6. The number of nitrogens with one attached hydrogen (secondary N) is 1. The van der Waals surface area contributed by atoms with Gasteiger partial charge in [-0.1, -0.05) is 6.07 Å². The van der Waals surface area contributed by atoms with Crippen LogP contribution < -0.4 is 10.1 Å². The predicted octanol–water partition coefficient (Wildman–Crippen LogP) is 1.91. The van der Waals surface area contributed by atoms with Gasteiger partial charge in [-0.2, -0.15) is 0 Å². The van der Waals surface area contributed by atoms with Crippen LogP contribution in [0.5, 0.6) is 5.88 Å². The lowest BCUT2D eigenvalue weighted by Crippen LogP contribution is -2.31. The second-order valence-corrected chi connectivity index (χ2v) is 5.38. The molecule has 0 unspecified atom stereocenters. The summed E-state index contributed by atoms with van der Waals surface area (Å²) in [6, 6.07) is 5.90. The van der Waals surface area contributed by atoms with Gasteiger partial charge in [-0.05, 0) is 57.9 Å². The molecule has 1 saturated heterocycles. The van der Waals surface area contributed by atoms with Crippen molar-refractivity contribution >= 4 is 0 Å². The number of likely N-dealkylation sites (tertiary alicyclic amines) is 1. The highest BCUT2D eigenvalue weighted by Crippen LogP contribution is 2.18. The molecule has 1 aliphatic heterocycles. The van der Waals surface area contributed by atoms with E-state index < -0.39 is 0 Å². The van der Waals surface area contributed by atoms with Crippen molar-refractivity contribution in [3.8, 4) is 5.88 Å². The first kappa shape index (κ1) is 14.3. The van der Waals surface area contributed by atoms with Gasteiger partial charge >= 0.3 is 0 Å². The molecule has 4 heteroatoms. The Labute approximate surface area is 116 Å². The van der Waals surface area contributed by atoms with Crippen LogP contribution >= 0.6 is 0 Å². The number of aromatic nitrogens is 1. The van der Waals surface area contributed by atoms with E-state index in [1.54, 1.807) is 7.11 Å². The molecule has 0 spiro atoms. The van der Waals surface area contributed by atoms with Crippen LogP contribution in [0.3, 0.4) is 0 Å². The normalized spacial score (nSPS) is 17.6. The van der Waals surface area contributed by atoms with Crippen LogP contribution in [0.4, 0.5) is 0 Å². The van der Waals surface area contributed by atoms with Crippen molar-refractivity contribution in [3.05, 3.63) is 23.9 Å². The third-order valence-electron chi connectivity index (χ3n) is 3.86. The average molecular weight is 263 g/mol. The smallest absolute Gasteiger partial charge is 0.213 e. The third kappa shape index (κ3) is 4.80. The second-order valence-electron chi connectivity index (χ2n) is 5.38. The van der Waals surface area contributed by atoms with E-state index in [1.807, 2.05) is 18.2 Å². The summed E-state index contributed by atoms with van der Waals surface area (Å²) >= 11 is 0. The van der Waals surface area contributed by atoms with E-state index in [1.165, 1.54) is 32.4 Å². The monoisotopic (exact) mass is 263 g/mol. The van der Waals surface area contributed by atoms with E-state index in [-0.39, 0.29) is 0 Å². The van der Waals surface area contributed by atoms with E-state index in [0.717, 1.165) is 24.7 Å². The Morgan fingerprint density at radius 2 is 2.16 bits per heavy atom. The molecule has 2 heterocycles. The summed E-state index contributed by atoms with van der Waals surface area (Å²) in [4.78, 5) is 6.81. The zero-order valence-corrected chi connectivity index (χ0v) is 12.1. The maximum absolute atomic E-state index is 5.12. The number of pyridine rings is 1. The molecule has 1 fully saturated rings. The largest absolute Gasteiger partial charge is 0.481 e. The third-order valence-corrected chi connectivity index (χ3v) is 3.86. The van der Waals surface area contributed by atoms with Crippen LogP contribution in [-0.4, -0.2) is 43.7 Å². The summed E-state index contributed by atoms with van der Waals surface area (Å²) in [7, 11) is 3.86. The summed E-state index contributed by atoms with van der Waals surface area (Å²) in [5, 5.41) is 3.48. The van der Waals surface area contributed by atoms with Crippen LogP contribution in [0, 0.1) is 5.92 Å². The van der Waals surface area contributed by atoms with Crippen molar-refractivity contribution < 1.29 is 4.74 Å². The van der Waals surface area contributed by atoms with Gasteiger partial charge in [0.2, 0.25) is 5.88 Å². The van der Waals surface area contributed by atoms with Gasteiger partial charge in [0, 0.05) is 12.6 Å². The van der Waals surface area contributed by atoms with E-state index in [0.29, 0.717) is 5.88 Å². The molecule has 0 atom stereocenters. The number of nitrogens with zero attached hydrogens (tertiary/aromatic N) is 2. The van der Waals surface area contributed by atoms with Crippen molar-refractivity contribution in [3.63, 3.8) is 0 Å². The fourth-order valence-electron chi connectivity index (χ4n) is 2.54. The van der Waals surface area contributed by atoms with Crippen molar-refractivity contribution in [1.29, 1.82) is 0 Å². The molecule has 0 aromatic carbocycles. The Kier molecular flexibility index (Phi) is 5.61. The van der Waals surface area contributed by atoms with Crippen molar-refractivity contribution in [2.45, 2.75) is 25.8 Å². The topological polar surface area (TPSA) is 37.4 Å². The molecule has 1 aromatic heterocycles. The first-order chi connectivity index (χ1) is 9.28. The number of hydrogen-bond acceptors (Lipinski definition) is 4. The van der Waals surface area contributed by atoms with Crippen LogP contribution in [-0.2, 0) is 6.54 Å². The van der Waals surface area contributed by atoms with Gasteiger partial charge in [0.1, 0.15) is 0 Å². The average Bonchev–Trinajstić information content (AvgIpc) is 2.46. The van der Waals surface area contributed by atoms with Gasteiger partial charge in [-0.15, -0.1) is 0 Å². The van der Waals surface area contributed by atoms with Gasteiger partial charge < -0.3 is 15.0 Å². The fourth-order valence-corrected chi connectivity index (χ4v) is 2.54. The van der Waals surface area contributed by atoms with Gasteiger partial charge in [0.05, 0.1) is 12.8 Å². The van der Waals surface area contributed by atoms with Gasteiger partial charge in [-0.25, -0.2) is 4.98 Å². The molecule has 0 radical (unpaired) electrons. The summed E-state index contributed by atoms with van der Waals surface area (Å²) in [5.74, 6) is 1.58. The van der Waals surface area contributed by atoms with Gasteiger partial charge in [0.25, 0.3) is 0 Å². The van der Waals surface area contributed by atoms with E-state index in [2.05, 4.69) is 22.2 Å². The zero-order chi connectivity index (χ0) is 13.5. The molecule has 4 nitrogen and oxygen atoms in total. The maximum Gasteiger partial charge on any atom is 0.213 e. The molecule has 1 aromatic rings.